The molecule has 4 heterocycles. The molecule has 3 heteroatoms. The third-order valence-electron chi connectivity index (χ3n) is 14.7. The van der Waals surface area contributed by atoms with Gasteiger partial charge in [0.15, 0.2) is 0 Å². The van der Waals surface area contributed by atoms with Gasteiger partial charge in [-0.25, -0.2) is 0 Å². The van der Waals surface area contributed by atoms with Gasteiger partial charge in [0, 0.05) is 76.2 Å². The van der Waals surface area contributed by atoms with Gasteiger partial charge in [0.05, 0.1) is 16.6 Å². The first-order valence-corrected chi connectivity index (χ1v) is 25.8. The SMILES string of the molecule is CC(C)(C)c1ccc2c(c1)c1cc(C(C)(C)C)ccc1n2C(C)(C)C.CC(C)(C)c1ccccc1-c1cc2c3ccccc3n3c4ccccc4c(c1)c23.CC(C)(C)n1c2ccccc2c2ccccc21. The van der Waals surface area contributed by atoms with Crippen LogP contribution in [0.1, 0.15) is 121 Å². The van der Waals surface area contributed by atoms with Crippen molar-refractivity contribution in [3.8, 4) is 11.1 Å². The number of para-hydroxylation sites is 4. The Kier molecular flexibility index (Phi) is 11.4. The molecule has 0 atom stereocenters. The van der Waals surface area contributed by atoms with E-state index in [2.05, 4.69) is 287 Å². The van der Waals surface area contributed by atoms with E-state index in [1.165, 1.54) is 110 Å². The second kappa shape index (κ2) is 16.9. The average Bonchev–Trinajstić information content (AvgIpc) is 4.05. The molecule has 4 aromatic heterocycles. The quantitative estimate of drug-likeness (QED) is 0.156. The first-order valence-electron chi connectivity index (χ1n) is 25.8. The van der Waals surface area contributed by atoms with Crippen molar-refractivity contribution in [3.63, 3.8) is 0 Å². The van der Waals surface area contributed by atoms with Crippen LogP contribution in [-0.2, 0) is 27.3 Å². The molecule has 0 amide bonds. The summed E-state index contributed by atoms with van der Waals surface area (Å²) in [6.45, 7) is 34.3. The van der Waals surface area contributed by atoms with Crippen LogP contribution in [-0.4, -0.2) is 13.5 Å². The molecule has 0 fully saturated rings. The van der Waals surface area contributed by atoms with Gasteiger partial charge in [-0.3, -0.25) is 0 Å². The average molecular weight is 932 g/mol. The van der Waals surface area contributed by atoms with E-state index in [0.29, 0.717) is 0 Å². The maximum atomic E-state index is 2.50. The Bertz CT molecular complexity index is 3730. The molecule has 0 saturated heterocycles. The van der Waals surface area contributed by atoms with E-state index in [4.69, 9.17) is 0 Å². The summed E-state index contributed by atoms with van der Waals surface area (Å²) in [5, 5.41) is 10.8. The van der Waals surface area contributed by atoms with Crippen LogP contribution in [0.3, 0.4) is 0 Å². The van der Waals surface area contributed by atoms with Gasteiger partial charge in [0.1, 0.15) is 0 Å². The predicted octanol–water partition coefficient (Wildman–Crippen LogP) is 19.5. The summed E-state index contributed by atoms with van der Waals surface area (Å²) >= 11 is 0. The Hall–Kier alpha value is -6.84. The number of fused-ring (bicyclic) bond motifs is 12. The number of hydrogen-bond donors (Lipinski definition) is 0. The summed E-state index contributed by atoms with van der Waals surface area (Å²) in [5.41, 5.74) is 16.6. The fourth-order valence-electron chi connectivity index (χ4n) is 11.3. The zero-order chi connectivity index (χ0) is 50.6. The molecule has 0 unspecified atom stereocenters. The summed E-state index contributed by atoms with van der Waals surface area (Å²) in [6, 6.07) is 62.6. The molecule has 12 aromatic rings. The fraction of sp³-hybridized carbons (Fsp3) is 0.294. The molecule has 0 aliphatic rings. The molecule has 0 N–H and O–H groups in total. The number of nitrogens with zero attached hydrogens (tertiary/aromatic N) is 3. The smallest absolute Gasteiger partial charge is 0.0620 e. The van der Waals surface area contributed by atoms with E-state index in [1.807, 2.05) is 0 Å². The van der Waals surface area contributed by atoms with Gasteiger partial charge in [-0.1, -0.05) is 172 Å². The van der Waals surface area contributed by atoms with Gasteiger partial charge in [-0.2, -0.15) is 0 Å². The lowest BCUT2D eigenvalue weighted by atomic mass is 9.81. The van der Waals surface area contributed by atoms with Crippen molar-refractivity contribution in [1.82, 2.24) is 13.5 Å². The Balaban J connectivity index is 0.000000127. The van der Waals surface area contributed by atoms with Crippen LogP contribution in [0.4, 0.5) is 0 Å². The van der Waals surface area contributed by atoms with Crippen molar-refractivity contribution in [2.24, 2.45) is 0 Å². The number of benzene rings is 8. The van der Waals surface area contributed by atoms with E-state index in [9.17, 15) is 0 Å². The molecule has 8 aromatic carbocycles. The molecular weight excluding hydrogens is 859 g/mol. The lowest BCUT2D eigenvalue weighted by Crippen LogP contribution is -2.21. The van der Waals surface area contributed by atoms with E-state index in [-0.39, 0.29) is 27.3 Å². The van der Waals surface area contributed by atoms with Gasteiger partial charge < -0.3 is 13.5 Å². The Morgan fingerprint density at radius 1 is 0.282 bits per heavy atom. The van der Waals surface area contributed by atoms with E-state index in [0.717, 1.165) is 0 Å². The van der Waals surface area contributed by atoms with Gasteiger partial charge >= 0.3 is 0 Å². The van der Waals surface area contributed by atoms with E-state index >= 15 is 0 Å². The minimum atomic E-state index is 0.0481. The molecular formula is C68H73N3. The molecule has 3 nitrogen and oxygen atoms in total. The maximum absolute atomic E-state index is 2.50. The zero-order valence-corrected chi connectivity index (χ0v) is 45.0. The third-order valence-corrected chi connectivity index (χ3v) is 14.7. The van der Waals surface area contributed by atoms with Crippen LogP contribution >= 0.6 is 0 Å². The fourth-order valence-corrected chi connectivity index (χ4v) is 11.3. The predicted molar refractivity (Wildman–Crippen MR) is 312 cm³/mol. The van der Waals surface area contributed by atoms with Crippen LogP contribution in [0, 0.1) is 0 Å². The van der Waals surface area contributed by atoms with Crippen molar-refractivity contribution >= 4 is 81.7 Å². The first kappa shape index (κ1) is 47.8. The molecule has 360 valence electrons. The summed E-state index contributed by atoms with van der Waals surface area (Å²) in [4.78, 5) is 0. The monoisotopic (exact) mass is 932 g/mol. The summed E-state index contributed by atoms with van der Waals surface area (Å²) in [6.07, 6.45) is 0. The number of rotatable bonds is 1. The highest BCUT2D eigenvalue weighted by molar-refractivity contribution is 6.24. The maximum Gasteiger partial charge on any atom is 0.0620 e. The Morgan fingerprint density at radius 3 is 1.00 bits per heavy atom. The normalized spacial score (nSPS) is 13.0. The largest absolute Gasteiger partial charge is 0.335 e. The zero-order valence-electron chi connectivity index (χ0n) is 45.0. The number of aromatic nitrogens is 3. The van der Waals surface area contributed by atoms with Gasteiger partial charge in [-0.15, -0.1) is 0 Å². The highest BCUT2D eigenvalue weighted by Crippen LogP contribution is 2.44. The van der Waals surface area contributed by atoms with Crippen LogP contribution in [0.15, 0.2) is 170 Å². The second-order valence-corrected chi connectivity index (χ2v) is 25.1. The Labute approximate surface area is 422 Å². The van der Waals surface area contributed by atoms with Gasteiger partial charge in [-0.05, 0) is 146 Å². The van der Waals surface area contributed by atoms with Crippen molar-refractivity contribution in [1.29, 1.82) is 0 Å². The van der Waals surface area contributed by atoms with Crippen molar-refractivity contribution in [2.45, 2.75) is 131 Å². The molecule has 0 aliphatic heterocycles. The van der Waals surface area contributed by atoms with Crippen LogP contribution in [0.25, 0.3) is 92.8 Å². The minimum Gasteiger partial charge on any atom is -0.335 e. The lowest BCUT2D eigenvalue weighted by molar-refractivity contribution is 0.423. The highest BCUT2D eigenvalue weighted by Gasteiger charge is 2.26. The van der Waals surface area contributed by atoms with Crippen molar-refractivity contribution in [2.75, 3.05) is 0 Å². The first-order chi connectivity index (χ1) is 33.4. The third kappa shape index (κ3) is 8.35. The van der Waals surface area contributed by atoms with E-state index in [1.54, 1.807) is 0 Å². The van der Waals surface area contributed by atoms with Crippen LogP contribution < -0.4 is 0 Å². The summed E-state index contributed by atoms with van der Waals surface area (Å²) in [7, 11) is 0. The van der Waals surface area contributed by atoms with Gasteiger partial charge in [0.25, 0.3) is 0 Å². The molecule has 71 heavy (non-hydrogen) atoms. The van der Waals surface area contributed by atoms with Gasteiger partial charge in [0.2, 0.25) is 0 Å². The highest BCUT2D eigenvalue weighted by atomic mass is 15.1. The van der Waals surface area contributed by atoms with E-state index < -0.39 is 0 Å². The van der Waals surface area contributed by atoms with Crippen molar-refractivity contribution in [3.05, 3.63) is 187 Å². The Morgan fingerprint density at radius 2 is 0.620 bits per heavy atom. The van der Waals surface area contributed by atoms with Crippen molar-refractivity contribution < 1.29 is 0 Å². The molecule has 0 saturated carbocycles. The standard InChI is InChI=1S/C28H23N.C24H33N.C16H17N/c1-28(2,3)24-13-7-4-10-19(24)18-16-22-20-11-5-8-14-25(20)29-26-15-9-6-12-21(26)23(17-18)27(22)29;1-22(2,3)16-10-12-20-18(14-16)19-15-17(23(4,5)6)11-13-21(19)25(20)24(7,8)9;1-16(2,3)17-14-10-6-4-8-12(14)13-9-5-7-11-15(13)17/h4-17H,1-3H3;10-15H,1-9H3;4-11H,1-3H3. The molecule has 0 aliphatic carbocycles. The molecule has 12 rings (SSSR count). The molecule has 0 radical (unpaired) electrons. The summed E-state index contributed by atoms with van der Waals surface area (Å²) < 4.78 is 7.36. The topological polar surface area (TPSA) is 14.3 Å². The molecule has 0 spiro atoms. The molecule has 0 bridgehead atoms. The summed E-state index contributed by atoms with van der Waals surface area (Å²) in [5.74, 6) is 0. The van der Waals surface area contributed by atoms with Crippen LogP contribution in [0.2, 0.25) is 0 Å². The number of hydrogen-bond acceptors (Lipinski definition) is 0. The lowest BCUT2D eigenvalue weighted by Gasteiger charge is -2.25. The minimum absolute atomic E-state index is 0.0481. The second-order valence-electron chi connectivity index (χ2n) is 25.1. The van der Waals surface area contributed by atoms with Crippen LogP contribution in [0.5, 0.6) is 0 Å².